The summed E-state index contributed by atoms with van der Waals surface area (Å²) in [5.74, 6) is 0.621. The summed E-state index contributed by atoms with van der Waals surface area (Å²) in [6, 6.07) is 15.2. The SMILES string of the molecule is COOC(=O)OOC.Oc1ccc(C2(c3ccc(O)cc3)CCCCC2)cc1. The van der Waals surface area contributed by atoms with E-state index in [-0.39, 0.29) is 5.41 Å². The van der Waals surface area contributed by atoms with Crippen molar-refractivity contribution in [1.82, 2.24) is 0 Å². The summed E-state index contributed by atoms with van der Waals surface area (Å²) in [7, 11) is 2.36. The smallest absolute Gasteiger partial charge is 0.508 e. The highest BCUT2D eigenvalue weighted by Gasteiger charge is 2.35. The normalized spacial score (nSPS) is 15.1. The minimum Gasteiger partial charge on any atom is -0.508 e. The van der Waals surface area contributed by atoms with Gasteiger partial charge in [-0.3, -0.25) is 9.78 Å². The number of rotatable bonds is 4. The van der Waals surface area contributed by atoms with E-state index in [1.54, 1.807) is 24.3 Å². The Morgan fingerprint density at radius 3 is 1.50 bits per heavy atom. The molecule has 152 valence electrons. The van der Waals surface area contributed by atoms with E-state index < -0.39 is 6.16 Å². The number of carbonyl (C=O) groups is 1. The average Bonchev–Trinajstić information content (AvgIpc) is 2.70. The first-order chi connectivity index (χ1) is 13.5. The van der Waals surface area contributed by atoms with Crippen molar-refractivity contribution >= 4 is 6.16 Å². The van der Waals surface area contributed by atoms with Crippen LogP contribution in [-0.2, 0) is 25.0 Å². The summed E-state index contributed by atoms with van der Waals surface area (Å²) in [5, 5.41) is 19.0. The molecule has 0 radical (unpaired) electrons. The van der Waals surface area contributed by atoms with Crippen LogP contribution in [-0.4, -0.2) is 30.6 Å². The van der Waals surface area contributed by atoms with Gasteiger partial charge in [0.05, 0.1) is 14.2 Å². The van der Waals surface area contributed by atoms with Crippen molar-refractivity contribution in [2.24, 2.45) is 0 Å². The molecule has 2 N–H and O–H groups in total. The Kier molecular flexibility index (Phi) is 8.10. The maximum Gasteiger partial charge on any atom is 0.573 e. The Hall–Kier alpha value is -2.77. The van der Waals surface area contributed by atoms with Gasteiger partial charge in [0.15, 0.2) is 0 Å². The lowest BCUT2D eigenvalue weighted by atomic mass is 9.65. The molecule has 0 atom stereocenters. The second-order valence-electron chi connectivity index (χ2n) is 6.49. The summed E-state index contributed by atoms with van der Waals surface area (Å²) >= 11 is 0. The topological polar surface area (TPSA) is 94.5 Å². The number of phenolic OH excluding ortho intramolecular Hbond substituents is 2. The molecule has 0 heterocycles. The fourth-order valence-electron chi connectivity index (χ4n) is 3.61. The monoisotopic (exact) mass is 390 g/mol. The molecular weight excluding hydrogens is 364 g/mol. The summed E-state index contributed by atoms with van der Waals surface area (Å²) in [6.45, 7) is 0. The Balaban J connectivity index is 0.000000300. The predicted molar refractivity (Wildman–Crippen MR) is 102 cm³/mol. The molecular formula is C21H26O7. The molecule has 1 fully saturated rings. The van der Waals surface area contributed by atoms with Crippen molar-refractivity contribution < 1.29 is 34.6 Å². The van der Waals surface area contributed by atoms with Crippen molar-refractivity contribution in [3.63, 3.8) is 0 Å². The van der Waals surface area contributed by atoms with Crippen LogP contribution in [0.5, 0.6) is 11.5 Å². The third-order valence-electron chi connectivity index (χ3n) is 4.85. The molecule has 0 spiro atoms. The molecule has 0 saturated heterocycles. The Labute approximate surface area is 164 Å². The molecule has 0 bridgehead atoms. The minimum absolute atomic E-state index is 0.0274. The van der Waals surface area contributed by atoms with E-state index in [2.05, 4.69) is 19.6 Å². The van der Waals surface area contributed by atoms with E-state index in [0.29, 0.717) is 11.5 Å². The number of aromatic hydroxyl groups is 2. The average molecular weight is 390 g/mol. The summed E-state index contributed by atoms with van der Waals surface area (Å²) in [6.07, 6.45) is 4.96. The van der Waals surface area contributed by atoms with E-state index in [0.717, 1.165) is 12.8 Å². The highest BCUT2D eigenvalue weighted by atomic mass is 17.3. The predicted octanol–water partition coefficient (Wildman–Crippen LogP) is 4.61. The van der Waals surface area contributed by atoms with E-state index in [1.807, 2.05) is 24.3 Å². The first kappa shape index (κ1) is 21.5. The van der Waals surface area contributed by atoms with Crippen LogP contribution >= 0.6 is 0 Å². The zero-order valence-electron chi connectivity index (χ0n) is 16.1. The van der Waals surface area contributed by atoms with Crippen molar-refractivity contribution in [3.05, 3.63) is 59.7 Å². The van der Waals surface area contributed by atoms with Gasteiger partial charge in [0, 0.05) is 5.41 Å². The van der Waals surface area contributed by atoms with E-state index in [1.165, 1.54) is 44.6 Å². The maximum atomic E-state index is 9.95. The quantitative estimate of drug-likeness (QED) is 0.581. The molecule has 0 aliphatic heterocycles. The van der Waals surface area contributed by atoms with Gasteiger partial charge in [0.25, 0.3) is 0 Å². The summed E-state index contributed by atoms with van der Waals surface area (Å²) < 4.78 is 0. The van der Waals surface area contributed by atoms with Gasteiger partial charge in [-0.1, -0.05) is 43.5 Å². The Morgan fingerprint density at radius 2 is 1.14 bits per heavy atom. The molecule has 0 aromatic heterocycles. The molecule has 1 saturated carbocycles. The van der Waals surface area contributed by atoms with Gasteiger partial charge in [-0.25, -0.2) is 0 Å². The molecule has 3 rings (SSSR count). The van der Waals surface area contributed by atoms with Crippen LogP contribution in [0.25, 0.3) is 0 Å². The lowest BCUT2D eigenvalue weighted by Gasteiger charge is -2.38. The van der Waals surface area contributed by atoms with Gasteiger partial charge in [0.1, 0.15) is 11.5 Å². The number of phenols is 2. The van der Waals surface area contributed by atoms with Crippen LogP contribution in [0, 0.1) is 0 Å². The molecule has 1 aliphatic rings. The van der Waals surface area contributed by atoms with Crippen molar-refractivity contribution in [2.75, 3.05) is 14.2 Å². The van der Waals surface area contributed by atoms with Crippen molar-refractivity contribution in [3.8, 4) is 11.5 Å². The van der Waals surface area contributed by atoms with Gasteiger partial charge >= 0.3 is 6.16 Å². The fourth-order valence-corrected chi connectivity index (χ4v) is 3.61. The first-order valence-corrected chi connectivity index (χ1v) is 9.06. The summed E-state index contributed by atoms with van der Waals surface area (Å²) in [4.78, 5) is 25.3. The molecule has 2 aromatic rings. The van der Waals surface area contributed by atoms with Crippen LogP contribution in [0.1, 0.15) is 43.2 Å². The Morgan fingerprint density at radius 1 is 0.750 bits per heavy atom. The van der Waals surface area contributed by atoms with Crippen LogP contribution in [0.15, 0.2) is 48.5 Å². The number of hydrogen-bond acceptors (Lipinski definition) is 7. The molecule has 0 amide bonds. The van der Waals surface area contributed by atoms with Gasteiger partial charge in [-0.15, -0.1) is 0 Å². The standard InChI is InChI=1S/C18H20O2.C3H6O5/c19-16-8-4-14(5-9-16)18(12-2-1-3-13-18)15-6-10-17(20)11-7-15;1-5-7-3(4)8-6-2/h4-11,19-20H,1-3,12-13H2;1-2H3. The van der Waals surface area contributed by atoms with E-state index in [4.69, 9.17) is 0 Å². The molecule has 7 heteroatoms. The molecule has 7 nitrogen and oxygen atoms in total. The molecule has 28 heavy (non-hydrogen) atoms. The highest BCUT2D eigenvalue weighted by molar-refractivity contribution is 5.58. The molecule has 1 aliphatic carbocycles. The first-order valence-electron chi connectivity index (χ1n) is 9.06. The summed E-state index contributed by atoms with van der Waals surface area (Å²) in [5.41, 5.74) is 2.56. The molecule has 0 unspecified atom stereocenters. The molecule has 2 aromatic carbocycles. The largest absolute Gasteiger partial charge is 0.573 e. The fraction of sp³-hybridized carbons (Fsp3) is 0.381. The lowest BCUT2D eigenvalue weighted by Crippen LogP contribution is -2.30. The number of benzene rings is 2. The zero-order chi connectivity index (χ0) is 20.4. The van der Waals surface area contributed by atoms with Crippen molar-refractivity contribution in [2.45, 2.75) is 37.5 Å². The number of hydrogen-bond donors (Lipinski definition) is 2. The van der Waals surface area contributed by atoms with Crippen LogP contribution in [0.3, 0.4) is 0 Å². The number of carbonyl (C=O) groups excluding carboxylic acids is 1. The third-order valence-corrected chi connectivity index (χ3v) is 4.85. The second kappa shape index (κ2) is 10.5. The minimum atomic E-state index is -1.03. The van der Waals surface area contributed by atoms with Gasteiger partial charge in [-0.05, 0) is 48.2 Å². The zero-order valence-corrected chi connectivity index (χ0v) is 16.1. The van der Waals surface area contributed by atoms with E-state index in [9.17, 15) is 15.0 Å². The van der Waals surface area contributed by atoms with Crippen LogP contribution in [0.2, 0.25) is 0 Å². The van der Waals surface area contributed by atoms with Gasteiger partial charge in [-0.2, -0.15) is 14.6 Å². The lowest BCUT2D eigenvalue weighted by molar-refractivity contribution is -0.298. The highest BCUT2D eigenvalue weighted by Crippen LogP contribution is 2.45. The Bertz CT molecular complexity index is 664. The third kappa shape index (κ3) is 5.61. The maximum absolute atomic E-state index is 9.95. The van der Waals surface area contributed by atoms with Gasteiger partial charge < -0.3 is 10.2 Å². The van der Waals surface area contributed by atoms with Crippen LogP contribution in [0.4, 0.5) is 4.79 Å². The van der Waals surface area contributed by atoms with Crippen molar-refractivity contribution in [1.29, 1.82) is 0 Å². The van der Waals surface area contributed by atoms with Crippen LogP contribution < -0.4 is 0 Å². The second-order valence-corrected chi connectivity index (χ2v) is 6.49. The van der Waals surface area contributed by atoms with E-state index >= 15 is 0 Å². The van der Waals surface area contributed by atoms with Gasteiger partial charge in [0.2, 0.25) is 0 Å².